The van der Waals surface area contributed by atoms with E-state index >= 15 is 0 Å². The van der Waals surface area contributed by atoms with E-state index in [4.69, 9.17) is 39.8 Å². The molecule has 1 aliphatic heterocycles. The summed E-state index contributed by atoms with van der Waals surface area (Å²) in [5.41, 5.74) is 1.76. The Morgan fingerprint density at radius 2 is 1.90 bits per heavy atom. The topological polar surface area (TPSA) is 101 Å². The highest BCUT2D eigenvalue weighted by molar-refractivity contribution is 6.32. The van der Waals surface area contributed by atoms with Gasteiger partial charge in [-0.1, -0.05) is 16.8 Å². The number of carbonyl (C=O) groups is 1. The third-order valence-electron chi connectivity index (χ3n) is 4.45. The summed E-state index contributed by atoms with van der Waals surface area (Å²) in [6.07, 6.45) is 0. The Bertz CT molecular complexity index is 1100. The Hall–Kier alpha value is -3.43. The molecule has 0 atom stereocenters. The number of aromatic nitrogens is 1. The fourth-order valence-corrected chi connectivity index (χ4v) is 3.19. The molecule has 0 radical (unpaired) electrons. The fraction of sp³-hybridized carbons (Fsp3) is 0.238. The van der Waals surface area contributed by atoms with Crippen molar-refractivity contribution >= 4 is 23.2 Å². The average Bonchev–Trinajstić information content (AvgIpc) is 3.43. The summed E-state index contributed by atoms with van der Waals surface area (Å²) in [6.45, 7) is 0.105. The van der Waals surface area contributed by atoms with Crippen LogP contribution in [0.3, 0.4) is 0 Å². The van der Waals surface area contributed by atoms with Crippen molar-refractivity contribution in [3.63, 3.8) is 0 Å². The van der Waals surface area contributed by atoms with Crippen LogP contribution in [0.1, 0.15) is 5.69 Å². The molecule has 162 valence electrons. The van der Waals surface area contributed by atoms with Gasteiger partial charge in [-0.25, -0.2) is 0 Å². The summed E-state index contributed by atoms with van der Waals surface area (Å²) in [6, 6.07) is 10.3. The zero-order valence-corrected chi connectivity index (χ0v) is 17.5. The molecule has 0 spiro atoms. The van der Waals surface area contributed by atoms with Gasteiger partial charge in [0.2, 0.25) is 12.7 Å². The number of halogens is 1. The molecular weight excluding hydrogens is 428 g/mol. The lowest BCUT2D eigenvalue weighted by molar-refractivity contribution is -0.121. The van der Waals surface area contributed by atoms with Crippen LogP contribution in [0.5, 0.6) is 23.0 Å². The highest BCUT2D eigenvalue weighted by atomic mass is 35.5. The third kappa shape index (κ3) is 4.68. The summed E-state index contributed by atoms with van der Waals surface area (Å²) in [4.78, 5) is 12.3. The van der Waals surface area contributed by atoms with Gasteiger partial charge in [-0.2, -0.15) is 0 Å². The molecule has 1 amide bonds. The van der Waals surface area contributed by atoms with Crippen LogP contribution in [-0.2, 0) is 16.1 Å². The number of fused-ring (bicyclic) bond motifs is 1. The van der Waals surface area contributed by atoms with E-state index < -0.39 is 0 Å². The van der Waals surface area contributed by atoms with Crippen molar-refractivity contribution in [3.05, 3.63) is 47.1 Å². The van der Waals surface area contributed by atoms with E-state index in [2.05, 4.69) is 10.5 Å². The summed E-state index contributed by atoms with van der Waals surface area (Å²) >= 11 is 6.07. The van der Waals surface area contributed by atoms with Crippen LogP contribution in [0.2, 0.25) is 5.02 Å². The Morgan fingerprint density at radius 3 is 2.71 bits per heavy atom. The molecule has 10 heteroatoms. The second-order valence-corrected chi connectivity index (χ2v) is 6.89. The number of hydrogen-bond donors (Lipinski definition) is 1. The predicted molar refractivity (Wildman–Crippen MR) is 111 cm³/mol. The average molecular weight is 447 g/mol. The van der Waals surface area contributed by atoms with Crippen LogP contribution in [0, 0.1) is 0 Å². The molecule has 3 aromatic rings. The number of amides is 1. The molecule has 1 aromatic heterocycles. The van der Waals surface area contributed by atoms with E-state index in [0.29, 0.717) is 45.2 Å². The van der Waals surface area contributed by atoms with Crippen LogP contribution >= 0.6 is 11.6 Å². The van der Waals surface area contributed by atoms with Crippen molar-refractivity contribution in [3.8, 4) is 34.3 Å². The number of anilines is 1. The summed E-state index contributed by atoms with van der Waals surface area (Å²) < 4.78 is 31.9. The standard InChI is InChI=1S/C21H19ClN2O7/c1-26-18-8-15(19(27-2)7-14(18)22)23-21(25)10-28-9-13-6-17(31-24-13)12-3-4-16-20(5-12)30-11-29-16/h3-8H,9-11H2,1-2H3,(H,23,25). The lowest BCUT2D eigenvalue weighted by atomic mass is 10.1. The first-order valence-electron chi connectivity index (χ1n) is 9.22. The van der Waals surface area contributed by atoms with Gasteiger partial charge in [0, 0.05) is 23.8 Å². The Labute approximate surface area is 182 Å². The quantitative estimate of drug-likeness (QED) is 0.556. The summed E-state index contributed by atoms with van der Waals surface area (Å²) in [7, 11) is 2.96. The summed E-state index contributed by atoms with van der Waals surface area (Å²) in [5.74, 6) is 2.34. The van der Waals surface area contributed by atoms with Gasteiger partial charge in [-0.05, 0) is 18.2 Å². The van der Waals surface area contributed by atoms with Gasteiger partial charge < -0.3 is 33.5 Å². The molecule has 2 heterocycles. The second-order valence-electron chi connectivity index (χ2n) is 6.48. The SMILES string of the molecule is COc1cc(NC(=O)COCc2cc(-c3ccc4c(c3)OCO4)on2)c(OC)cc1Cl. The highest BCUT2D eigenvalue weighted by Gasteiger charge is 2.16. The van der Waals surface area contributed by atoms with Crippen LogP contribution in [-0.4, -0.2) is 38.7 Å². The van der Waals surface area contributed by atoms with Crippen molar-refractivity contribution in [1.82, 2.24) is 5.16 Å². The van der Waals surface area contributed by atoms with Crippen molar-refractivity contribution in [2.45, 2.75) is 6.61 Å². The van der Waals surface area contributed by atoms with Crippen molar-refractivity contribution in [2.75, 3.05) is 32.9 Å². The second kappa shape index (κ2) is 9.15. The third-order valence-corrected chi connectivity index (χ3v) is 4.74. The van der Waals surface area contributed by atoms with E-state index in [-0.39, 0.29) is 25.9 Å². The molecule has 4 rings (SSSR count). The van der Waals surface area contributed by atoms with E-state index in [1.807, 2.05) is 12.1 Å². The van der Waals surface area contributed by atoms with Crippen LogP contribution in [0.4, 0.5) is 5.69 Å². The van der Waals surface area contributed by atoms with Crippen molar-refractivity contribution in [1.29, 1.82) is 0 Å². The minimum absolute atomic E-state index is 0.0997. The fourth-order valence-electron chi connectivity index (χ4n) is 2.96. The molecule has 0 saturated carbocycles. The lowest BCUT2D eigenvalue weighted by Crippen LogP contribution is -2.18. The molecule has 0 aliphatic carbocycles. The molecule has 2 aromatic carbocycles. The van der Waals surface area contributed by atoms with Crippen molar-refractivity contribution in [2.24, 2.45) is 0 Å². The van der Waals surface area contributed by atoms with Gasteiger partial charge in [0.15, 0.2) is 17.3 Å². The van der Waals surface area contributed by atoms with Gasteiger partial charge >= 0.3 is 0 Å². The maximum absolute atomic E-state index is 12.3. The number of benzene rings is 2. The Morgan fingerprint density at radius 1 is 1.10 bits per heavy atom. The number of nitrogens with one attached hydrogen (secondary N) is 1. The molecule has 0 saturated heterocycles. The molecule has 0 fully saturated rings. The minimum atomic E-state index is -0.373. The minimum Gasteiger partial charge on any atom is -0.495 e. The first-order valence-corrected chi connectivity index (χ1v) is 9.60. The van der Waals surface area contributed by atoms with E-state index in [1.165, 1.54) is 14.2 Å². The predicted octanol–water partition coefficient (Wildman–Crippen LogP) is 3.90. The number of carbonyl (C=O) groups excluding carboxylic acids is 1. The Kier molecular flexibility index (Phi) is 6.15. The van der Waals surface area contributed by atoms with Gasteiger partial charge in [0.05, 0.1) is 31.5 Å². The maximum atomic E-state index is 12.3. The van der Waals surface area contributed by atoms with E-state index in [0.717, 1.165) is 5.56 Å². The molecule has 1 N–H and O–H groups in total. The van der Waals surface area contributed by atoms with Crippen LogP contribution < -0.4 is 24.3 Å². The molecule has 1 aliphatic rings. The molecule has 0 unspecified atom stereocenters. The van der Waals surface area contributed by atoms with E-state index in [1.54, 1.807) is 24.3 Å². The first kappa shape index (κ1) is 20.8. The monoisotopic (exact) mass is 446 g/mol. The number of methoxy groups -OCH3 is 2. The summed E-state index contributed by atoms with van der Waals surface area (Å²) in [5, 5.41) is 7.05. The van der Waals surface area contributed by atoms with Gasteiger partial charge in [-0.3, -0.25) is 4.79 Å². The van der Waals surface area contributed by atoms with Crippen molar-refractivity contribution < 1.29 is 33.0 Å². The largest absolute Gasteiger partial charge is 0.495 e. The Balaban J connectivity index is 1.32. The van der Waals surface area contributed by atoms with Gasteiger partial charge in [0.25, 0.3) is 0 Å². The van der Waals surface area contributed by atoms with E-state index in [9.17, 15) is 4.79 Å². The molecular formula is C21H19ClN2O7. The lowest BCUT2D eigenvalue weighted by Gasteiger charge is -2.13. The van der Waals surface area contributed by atoms with Gasteiger partial charge in [-0.15, -0.1) is 0 Å². The smallest absolute Gasteiger partial charge is 0.250 e. The number of hydrogen-bond acceptors (Lipinski definition) is 8. The zero-order valence-electron chi connectivity index (χ0n) is 16.8. The highest BCUT2D eigenvalue weighted by Crippen LogP contribution is 2.37. The van der Waals surface area contributed by atoms with Gasteiger partial charge in [0.1, 0.15) is 23.8 Å². The van der Waals surface area contributed by atoms with Crippen LogP contribution in [0.25, 0.3) is 11.3 Å². The number of nitrogens with zero attached hydrogens (tertiary/aromatic N) is 1. The number of rotatable bonds is 8. The van der Waals surface area contributed by atoms with Crippen LogP contribution in [0.15, 0.2) is 40.9 Å². The first-order chi connectivity index (χ1) is 15.1. The molecule has 0 bridgehead atoms. The number of ether oxygens (including phenoxy) is 5. The normalized spacial score (nSPS) is 12.0. The molecule has 9 nitrogen and oxygen atoms in total. The maximum Gasteiger partial charge on any atom is 0.250 e. The molecule has 31 heavy (non-hydrogen) atoms. The zero-order chi connectivity index (χ0) is 21.8.